The van der Waals surface area contributed by atoms with Crippen LogP contribution in [0.25, 0.3) is 0 Å². The van der Waals surface area contributed by atoms with E-state index in [0.29, 0.717) is 0 Å². The van der Waals surface area contributed by atoms with Crippen molar-refractivity contribution in [2.24, 2.45) is 5.73 Å². The predicted octanol–water partition coefficient (Wildman–Crippen LogP) is 3.44. The maximum absolute atomic E-state index is 5.87. The number of halogens is 1. The Bertz CT molecular complexity index is 301. The third-order valence-corrected chi connectivity index (χ3v) is 3.97. The topological polar surface area (TPSA) is 26.0 Å². The van der Waals surface area contributed by atoms with Gasteiger partial charge in [-0.1, -0.05) is 18.2 Å². The second-order valence-electron chi connectivity index (χ2n) is 3.03. The Morgan fingerprint density at radius 2 is 2.21 bits per heavy atom. The van der Waals surface area contributed by atoms with Gasteiger partial charge >= 0.3 is 0 Å². The second-order valence-corrected chi connectivity index (χ2v) is 4.94. The zero-order valence-corrected chi connectivity index (χ0v) is 10.4. The Morgan fingerprint density at radius 3 is 2.86 bits per heavy atom. The monoisotopic (exact) mass is 271 g/mol. The molecule has 0 aliphatic rings. The molecule has 0 aliphatic carbocycles. The molecule has 1 atom stereocenters. The van der Waals surface area contributed by atoms with Crippen LogP contribution in [0.2, 0.25) is 0 Å². The van der Waals surface area contributed by atoms with E-state index in [2.05, 4.69) is 28.6 Å². The molecule has 1 rings (SSSR count). The Hall–Kier alpha value is -0.250. The van der Waals surface area contributed by atoms with Gasteiger partial charge in [0, 0.05) is 21.2 Å². The van der Waals surface area contributed by atoms with Crippen molar-refractivity contribution in [3.05, 3.63) is 41.4 Å². The number of thioether (sulfide) groups is 1. The van der Waals surface area contributed by atoms with E-state index in [0.717, 1.165) is 16.6 Å². The molecule has 1 aromatic carbocycles. The van der Waals surface area contributed by atoms with Crippen LogP contribution in [0.3, 0.4) is 0 Å². The van der Waals surface area contributed by atoms with Crippen molar-refractivity contribution in [1.29, 1.82) is 0 Å². The van der Waals surface area contributed by atoms with E-state index in [1.165, 1.54) is 4.90 Å². The van der Waals surface area contributed by atoms with Crippen LogP contribution in [0, 0.1) is 0 Å². The lowest BCUT2D eigenvalue weighted by Crippen LogP contribution is -2.21. The van der Waals surface area contributed by atoms with Crippen molar-refractivity contribution in [2.75, 3.05) is 5.75 Å². The lowest BCUT2D eigenvalue weighted by molar-refractivity contribution is 0.769. The highest BCUT2D eigenvalue weighted by Crippen LogP contribution is 2.27. The summed E-state index contributed by atoms with van der Waals surface area (Å²) in [5.41, 5.74) is 5.87. The van der Waals surface area contributed by atoms with Gasteiger partial charge in [0.05, 0.1) is 0 Å². The molecule has 0 saturated heterocycles. The minimum absolute atomic E-state index is 0.199. The van der Waals surface area contributed by atoms with Crippen LogP contribution >= 0.6 is 27.7 Å². The van der Waals surface area contributed by atoms with Crippen LogP contribution in [0.15, 0.2) is 46.3 Å². The highest BCUT2D eigenvalue weighted by molar-refractivity contribution is 9.10. The predicted molar refractivity (Wildman–Crippen MR) is 67.7 cm³/mol. The Labute approximate surface area is 97.9 Å². The number of benzene rings is 1. The van der Waals surface area contributed by atoms with Gasteiger partial charge in [0.15, 0.2) is 0 Å². The maximum atomic E-state index is 5.87. The van der Waals surface area contributed by atoms with E-state index < -0.39 is 0 Å². The fraction of sp³-hybridized carbons (Fsp3) is 0.273. The van der Waals surface area contributed by atoms with Crippen molar-refractivity contribution in [1.82, 2.24) is 0 Å². The van der Waals surface area contributed by atoms with E-state index in [9.17, 15) is 0 Å². The zero-order chi connectivity index (χ0) is 10.4. The van der Waals surface area contributed by atoms with Gasteiger partial charge in [-0.15, -0.1) is 18.3 Å². The first-order chi connectivity index (χ1) is 6.74. The first kappa shape index (κ1) is 11.8. The molecule has 0 saturated carbocycles. The lowest BCUT2D eigenvalue weighted by Gasteiger charge is -2.09. The minimum Gasteiger partial charge on any atom is -0.327 e. The standard InChI is InChI=1S/C11H14BrNS/c1-2-5-9(13)8-14-11-7-4-3-6-10(11)12/h2-4,6-7,9H,1,5,8,13H2. The summed E-state index contributed by atoms with van der Waals surface area (Å²) in [7, 11) is 0. The summed E-state index contributed by atoms with van der Waals surface area (Å²) < 4.78 is 1.14. The van der Waals surface area contributed by atoms with Gasteiger partial charge in [0.2, 0.25) is 0 Å². The molecule has 1 aromatic rings. The van der Waals surface area contributed by atoms with Crippen molar-refractivity contribution in [3.63, 3.8) is 0 Å². The molecule has 3 heteroatoms. The molecule has 1 unspecified atom stereocenters. The van der Waals surface area contributed by atoms with Crippen LogP contribution in [-0.2, 0) is 0 Å². The molecule has 0 fully saturated rings. The Morgan fingerprint density at radius 1 is 1.50 bits per heavy atom. The molecule has 0 spiro atoms. The van der Waals surface area contributed by atoms with E-state index in [1.807, 2.05) is 24.3 Å². The smallest absolute Gasteiger partial charge is 0.0311 e. The normalized spacial score (nSPS) is 12.4. The van der Waals surface area contributed by atoms with Gasteiger partial charge in [-0.3, -0.25) is 0 Å². The Kier molecular flexibility index (Phi) is 5.30. The van der Waals surface area contributed by atoms with E-state index in [4.69, 9.17) is 5.73 Å². The third-order valence-electron chi connectivity index (χ3n) is 1.76. The van der Waals surface area contributed by atoms with Crippen molar-refractivity contribution in [2.45, 2.75) is 17.4 Å². The highest BCUT2D eigenvalue weighted by Gasteiger charge is 2.03. The zero-order valence-electron chi connectivity index (χ0n) is 7.95. The molecule has 0 heterocycles. The van der Waals surface area contributed by atoms with Gasteiger partial charge < -0.3 is 5.73 Å². The van der Waals surface area contributed by atoms with E-state index in [-0.39, 0.29) is 6.04 Å². The highest BCUT2D eigenvalue weighted by atomic mass is 79.9. The van der Waals surface area contributed by atoms with E-state index >= 15 is 0 Å². The molecule has 0 radical (unpaired) electrons. The van der Waals surface area contributed by atoms with Crippen molar-refractivity contribution < 1.29 is 0 Å². The number of hydrogen-bond acceptors (Lipinski definition) is 2. The number of nitrogens with two attached hydrogens (primary N) is 1. The quantitative estimate of drug-likeness (QED) is 0.656. The summed E-state index contributed by atoms with van der Waals surface area (Å²) >= 11 is 5.28. The SMILES string of the molecule is C=CCC(N)CSc1ccccc1Br. The molecular weight excluding hydrogens is 258 g/mol. The van der Waals surface area contributed by atoms with Crippen LogP contribution < -0.4 is 5.73 Å². The molecule has 1 nitrogen and oxygen atoms in total. The molecule has 0 bridgehead atoms. The number of hydrogen-bond donors (Lipinski definition) is 1. The average molecular weight is 272 g/mol. The molecular formula is C11H14BrNS. The van der Waals surface area contributed by atoms with Gasteiger partial charge in [-0.05, 0) is 34.5 Å². The van der Waals surface area contributed by atoms with Crippen LogP contribution in [0.5, 0.6) is 0 Å². The average Bonchev–Trinajstić information content (AvgIpc) is 2.17. The maximum Gasteiger partial charge on any atom is 0.0311 e. The van der Waals surface area contributed by atoms with Gasteiger partial charge in [0.25, 0.3) is 0 Å². The van der Waals surface area contributed by atoms with Crippen LogP contribution in [-0.4, -0.2) is 11.8 Å². The Balaban J connectivity index is 2.45. The van der Waals surface area contributed by atoms with Crippen LogP contribution in [0.1, 0.15) is 6.42 Å². The molecule has 76 valence electrons. The lowest BCUT2D eigenvalue weighted by atomic mass is 10.2. The van der Waals surface area contributed by atoms with E-state index in [1.54, 1.807) is 11.8 Å². The summed E-state index contributed by atoms with van der Waals surface area (Å²) in [6.07, 6.45) is 2.74. The van der Waals surface area contributed by atoms with Crippen molar-refractivity contribution in [3.8, 4) is 0 Å². The van der Waals surface area contributed by atoms with Crippen LogP contribution in [0.4, 0.5) is 0 Å². The minimum atomic E-state index is 0.199. The molecule has 0 aliphatic heterocycles. The molecule has 2 N–H and O–H groups in total. The summed E-state index contributed by atoms with van der Waals surface area (Å²) in [5.74, 6) is 0.925. The summed E-state index contributed by atoms with van der Waals surface area (Å²) in [6.45, 7) is 3.67. The number of rotatable bonds is 5. The fourth-order valence-electron chi connectivity index (χ4n) is 1.04. The fourth-order valence-corrected chi connectivity index (χ4v) is 2.58. The summed E-state index contributed by atoms with van der Waals surface area (Å²) in [5, 5.41) is 0. The molecule has 0 aromatic heterocycles. The summed E-state index contributed by atoms with van der Waals surface area (Å²) in [6, 6.07) is 8.38. The second kappa shape index (κ2) is 6.27. The largest absolute Gasteiger partial charge is 0.327 e. The van der Waals surface area contributed by atoms with Gasteiger partial charge in [-0.2, -0.15) is 0 Å². The van der Waals surface area contributed by atoms with Crippen molar-refractivity contribution >= 4 is 27.7 Å². The first-order valence-electron chi connectivity index (χ1n) is 4.48. The first-order valence-corrected chi connectivity index (χ1v) is 6.25. The molecule has 14 heavy (non-hydrogen) atoms. The third kappa shape index (κ3) is 3.86. The molecule has 0 amide bonds. The summed E-state index contributed by atoms with van der Waals surface area (Å²) in [4.78, 5) is 1.24. The van der Waals surface area contributed by atoms with Gasteiger partial charge in [0.1, 0.15) is 0 Å². The van der Waals surface area contributed by atoms with Gasteiger partial charge in [-0.25, -0.2) is 0 Å².